The molecule has 0 saturated carbocycles. The molecule has 142 valence electrons. The molecular weight excluding hydrogens is 414 g/mol. The number of hydrogen-bond donors (Lipinski definition) is 3. The molecule has 4 N–H and O–H groups in total. The maximum absolute atomic E-state index is 12.7. The van der Waals surface area contributed by atoms with Crippen LogP contribution in [0.1, 0.15) is 5.56 Å². The molecule has 0 bridgehead atoms. The van der Waals surface area contributed by atoms with E-state index < -0.39 is 24.9 Å². The van der Waals surface area contributed by atoms with Crippen molar-refractivity contribution in [1.82, 2.24) is 4.98 Å². The Morgan fingerprint density at radius 2 is 1.74 bits per heavy atom. The largest absolute Gasteiger partial charge is 0.322 e. The number of nitrogens with one attached hydrogen (secondary N) is 2. The summed E-state index contributed by atoms with van der Waals surface area (Å²) in [5.41, 5.74) is 1.18. The number of benzene rings is 2. The van der Waals surface area contributed by atoms with E-state index in [2.05, 4.69) is 9.71 Å². The first-order chi connectivity index (χ1) is 12.5. The first kappa shape index (κ1) is 19.4. The number of fused-ring (bicyclic) bond motifs is 1. The van der Waals surface area contributed by atoms with E-state index in [-0.39, 0.29) is 21.2 Å². The molecule has 2 aromatic carbocycles. The van der Waals surface area contributed by atoms with Crippen LogP contribution in [-0.4, -0.2) is 21.8 Å². The summed E-state index contributed by atoms with van der Waals surface area (Å²) in [7, 11) is -8.29. The van der Waals surface area contributed by atoms with Crippen LogP contribution in [0.2, 0.25) is 5.02 Å². The van der Waals surface area contributed by atoms with Crippen LogP contribution in [0.25, 0.3) is 10.9 Å². The summed E-state index contributed by atoms with van der Waals surface area (Å²) in [5.74, 6) is 0. The first-order valence-electron chi connectivity index (χ1n) is 7.46. The summed E-state index contributed by atoms with van der Waals surface area (Å²) < 4.78 is 50.7. The number of H-pyrrole nitrogens is 1. The number of rotatable bonds is 4. The molecule has 0 amide bonds. The third-order valence-electron chi connectivity index (χ3n) is 3.82. The van der Waals surface area contributed by atoms with Crippen molar-refractivity contribution in [3.8, 4) is 0 Å². The minimum absolute atomic E-state index is 0.156. The highest BCUT2D eigenvalue weighted by atomic mass is 35.5. The highest BCUT2D eigenvalue weighted by Crippen LogP contribution is 2.27. The zero-order valence-corrected chi connectivity index (χ0v) is 16.2. The number of aromatic nitrogens is 1. The fraction of sp³-hybridized carbons (Fsp3) is 0.0625. The van der Waals surface area contributed by atoms with Gasteiger partial charge >= 0.3 is 0 Å². The molecule has 3 rings (SSSR count). The van der Waals surface area contributed by atoms with Gasteiger partial charge in [0, 0.05) is 22.7 Å². The van der Waals surface area contributed by atoms with Gasteiger partial charge in [0.05, 0.1) is 9.92 Å². The van der Waals surface area contributed by atoms with Crippen molar-refractivity contribution in [1.29, 1.82) is 0 Å². The van der Waals surface area contributed by atoms with Gasteiger partial charge in [-0.25, -0.2) is 22.0 Å². The van der Waals surface area contributed by atoms with Crippen LogP contribution in [0.15, 0.2) is 57.1 Å². The van der Waals surface area contributed by atoms with Crippen molar-refractivity contribution in [3.63, 3.8) is 0 Å². The Balaban J connectivity index is 2.07. The van der Waals surface area contributed by atoms with Crippen molar-refractivity contribution in [2.24, 2.45) is 5.14 Å². The van der Waals surface area contributed by atoms with Gasteiger partial charge in [0.1, 0.15) is 4.90 Å². The summed E-state index contributed by atoms with van der Waals surface area (Å²) in [6.45, 7) is 1.72. The Kier molecular flexibility index (Phi) is 4.76. The SMILES string of the molecule is Cc1cc(=O)[nH]c2ccc(NS(=O)(=O)c3cc(S(N)(=O)=O)ccc3Cl)cc12. The maximum Gasteiger partial charge on any atom is 0.263 e. The number of aromatic amines is 1. The highest BCUT2D eigenvalue weighted by Gasteiger charge is 2.21. The average molecular weight is 428 g/mol. The molecule has 0 unspecified atom stereocenters. The molecule has 8 nitrogen and oxygen atoms in total. The number of pyridine rings is 1. The molecule has 0 fully saturated rings. The molecule has 0 spiro atoms. The van der Waals surface area contributed by atoms with Crippen molar-refractivity contribution >= 4 is 48.2 Å². The van der Waals surface area contributed by atoms with E-state index in [0.29, 0.717) is 16.5 Å². The van der Waals surface area contributed by atoms with Crippen LogP contribution in [0.4, 0.5) is 5.69 Å². The van der Waals surface area contributed by atoms with Crippen LogP contribution in [0.5, 0.6) is 0 Å². The smallest absolute Gasteiger partial charge is 0.263 e. The Morgan fingerprint density at radius 1 is 1.04 bits per heavy atom. The number of sulfonamides is 2. The number of halogens is 1. The lowest BCUT2D eigenvalue weighted by molar-refractivity contribution is 0.597. The molecule has 0 radical (unpaired) electrons. The average Bonchev–Trinajstić information content (AvgIpc) is 2.54. The van der Waals surface area contributed by atoms with Crippen LogP contribution in [-0.2, 0) is 20.0 Å². The van der Waals surface area contributed by atoms with Gasteiger partial charge in [0.2, 0.25) is 15.6 Å². The minimum Gasteiger partial charge on any atom is -0.322 e. The Labute approximate surface area is 160 Å². The molecule has 0 aliphatic heterocycles. The third-order valence-corrected chi connectivity index (χ3v) is 6.60. The summed E-state index contributed by atoms with van der Waals surface area (Å²) >= 11 is 5.94. The summed E-state index contributed by atoms with van der Waals surface area (Å²) in [6, 6.07) is 9.13. The van der Waals surface area contributed by atoms with E-state index >= 15 is 0 Å². The standard InChI is InChI=1S/C16H14ClN3O5S2/c1-9-6-16(21)19-14-5-2-10(7-12(9)14)20-27(24,25)15-8-11(26(18,22)23)3-4-13(15)17/h2-8,20H,1H3,(H,19,21)(H2,18,22,23). The van der Waals surface area contributed by atoms with E-state index in [9.17, 15) is 21.6 Å². The predicted octanol–water partition coefficient (Wildman–Crippen LogP) is 1.94. The van der Waals surface area contributed by atoms with Crippen LogP contribution in [0, 0.1) is 6.92 Å². The van der Waals surface area contributed by atoms with Gasteiger partial charge in [0.15, 0.2) is 0 Å². The van der Waals surface area contributed by atoms with Crippen molar-refractivity contribution in [3.05, 3.63) is 63.4 Å². The molecule has 0 aliphatic carbocycles. The summed E-state index contributed by atoms with van der Waals surface area (Å²) in [4.78, 5) is 13.4. The molecule has 0 saturated heterocycles. The maximum atomic E-state index is 12.7. The molecule has 0 atom stereocenters. The summed E-state index contributed by atoms with van der Waals surface area (Å²) in [5, 5.41) is 5.54. The van der Waals surface area contributed by atoms with E-state index in [4.69, 9.17) is 16.7 Å². The Morgan fingerprint density at radius 3 is 2.41 bits per heavy atom. The number of nitrogens with two attached hydrogens (primary N) is 1. The van der Waals surface area contributed by atoms with Gasteiger partial charge in [-0.05, 0) is 48.9 Å². The third kappa shape index (κ3) is 3.98. The van der Waals surface area contributed by atoms with E-state index in [0.717, 1.165) is 18.2 Å². The number of hydrogen-bond acceptors (Lipinski definition) is 5. The molecule has 1 aromatic heterocycles. The zero-order chi connectivity index (χ0) is 20.0. The van der Waals surface area contributed by atoms with Crippen LogP contribution >= 0.6 is 11.6 Å². The number of anilines is 1. The molecule has 1 heterocycles. The van der Waals surface area contributed by atoms with Crippen LogP contribution < -0.4 is 15.4 Å². The van der Waals surface area contributed by atoms with Gasteiger partial charge in [-0.15, -0.1) is 0 Å². The fourth-order valence-electron chi connectivity index (χ4n) is 2.56. The second-order valence-corrected chi connectivity index (χ2v) is 9.44. The van der Waals surface area contributed by atoms with Gasteiger partial charge in [-0.1, -0.05) is 11.6 Å². The van der Waals surface area contributed by atoms with Gasteiger partial charge in [-0.2, -0.15) is 0 Å². The zero-order valence-electron chi connectivity index (χ0n) is 13.9. The fourth-order valence-corrected chi connectivity index (χ4v) is 4.75. The van der Waals surface area contributed by atoms with Gasteiger partial charge in [-0.3, -0.25) is 9.52 Å². The highest BCUT2D eigenvalue weighted by molar-refractivity contribution is 7.93. The molecule has 11 heteroatoms. The predicted molar refractivity (Wildman–Crippen MR) is 103 cm³/mol. The quantitative estimate of drug-likeness (QED) is 0.583. The molecule has 0 aliphatic rings. The lowest BCUT2D eigenvalue weighted by Gasteiger charge is -2.12. The van der Waals surface area contributed by atoms with Crippen molar-refractivity contribution in [2.75, 3.05) is 4.72 Å². The van der Waals surface area contributed by atoms with E-state index in [1.54, 1.807) is 19.1 Å². The van der Waals surface area contributed by atoms with Gasteiger partial charge in [0.25, 0.3) is 10.0 Å². The van der Waals surface area contributed by atoms with E-state index in [1.165, 1.54) is 12.1 Å². The second-order valence-electron chi connectivity index (χ2n) is 5.82. The topological polar surface area (TPSA) is 139 Å². The normalized spacial score (nSPS) is 12.3. The van der Waals surface area contributed by atoms with Crippen LogP contribution in [0.3, 0.4) is 0 Å². The number of aryl methyl sites for hydroxylation is 1. The van der Waals surface area contributed by atoms with Crippen molar-refractivity contribution in [2.45, 2.75) is 16.7 Å². The van der Waals surface area contributed by atoms with Gasteiger partial charge < -0.3 is 4.98 Å². The summed E-state index contributed by atoms with van der Waals surface area (Å²) in [6.07, 6.45) is 0. The molecule has 3 aromatic rings. The lowest BCUT2D eigenvalue weighted by atomic mass is 10.1. The van der Waals surface area contributed by atoms with Crippen molar-refractivity contribution < 1.29 is 16.8 Å². The minimum atomic E-state index is -4.19. The first-order valence-corrected chi connectivity index (χ1v) is 10.9. The molecular formula is C16H14ClN3O5S2. The Hall–Kier alpha value is -2.40. The monoisotopic (exact) mass is 427 g/mol. The number of primary sulfonamides is 1. The lowest BCUT2D eigenvalue weighted by Crippen LogP contribution is -2.16. The van der Waals surface area contributed by atoms with E-state index in [1.807, 2.05) is 0 Å². The Bertz CT molecular complexity index is 1330. The second kappa shape index (κ2) is 6.64. The molecule has 27 heavy (non-hydrogen) atoms.